The van der Waals surface area contributed by atoms with Crippen molar-refractivity contribution in [2.24, 2.45) is 0 Å². The van der Waals surface area contributed by atoms with E-state index in [-0.39, 0.29) is 26.2 Å². The molecule has 0 aromatic heterocycles. The number of anilines is 2. The predicted octanol–water partition coefficient (Wildman–Crippen LogP) is 5.16. The Bertz CT molecular complexity index is 1260. The first-order valence-corrected chi connectivity index (χ1v) is 12.5. The van der Waals surface area contributed by atoms with Crippen molar-refractivity contribution >= 4 is 54.6 Å². The Hall–Kier alpha value is -2.26. The lowest BCUT2D eigenvalue weighted by molar-refractivity contribution is 0.600. The zero-order valence-electron chi connectivity index (χ0n) is 15.8. The lowest BCUT2D eigenvalue weighted by atomic mass is 10.2. The molecule has 3 aromatic rings. The third kappa shape index (κ3) is 5.26. The van der Waals surface area contributed by atoms with Gasteiger partial charge in [-0.1, -0.05) is 42.3 Å². The average molecular weight is 485 g/mol. The largest absolute Gasteiger partial charge is 0.280 e. The van der Waals surface area contributed by atoms with Gasteiger partial charge in [0, 0.05) is 5.69 Å². The first kappa shape index (κ1) is 22.4. The zero-order valence-corrected chi connectivity index (χ0v) is 18.9. The minimum Gasteiger partial charge on any atom is -0.280 e. The van der Waals surface area contributed by atoms with Crippen molar-refractivity contribution in [3.63, 3.8) is 0 Å². The number of benzene rings is 3. The second-order valence-electron chi connectivity index (χ2n) is 6.36. The molecular weight excluding hydrogens is 467 g/mol. The van der Waals surface area contributed by atoms with E-state index in [0.29, 0.717) is 5.02 Å². The highest BCUT2D eigenvalue weighted by atomic mass is 35.5. The molecule has 0 unspecified atom stereocenters. The molecule has 30 heavy (non-hydrogen) atoms. The van der Waals surface area contributed by atoms with Crippen LogP contribution in [-0.4, -0.2) is 16.8 Å². The molecule has 0 radical (unpaired) electrons. The number of sulfonamides is 2. The van der Waals surface area contributed by atoms with Crippen molar-refractivity contribution < 1.29 is 16.8 Å². The Kier molecular flexibility index (Phi) is 6.62. The summed E-state index contributed by atoms with van der Waals surface area (Å²) in [6, 6.07) is 16.3. The van der Waals surface area contributed by atoms with Crippen LogP contribution in [0.5, 0.6) is 0 Å². The van der Waals surface area contributed by atoms with Gasteiger partial charge >= 0.3 is 0 Å². The summed E-state index contributed by atoms with van der Waals surface area (Å²) < 4.78 is 55.0. The van der Waals surface area contributed by atoms with E-state index in [1.54, 1.807) is 12.1 Å². The van der Waals surface area contributed by atoms with E-state index >= 15 is 0 Å². The lowest BCUT2D eigenvalue weighted by Gasteiger charge is -2.11. The minimum atomic E-state index is -3.89. The van der Waals surface area contributed by atoms with Gasteiger partial charge in [0.1, 0.15) is 0 Å². The maximum Gasteiger partial charge on any atom is 0.261 e. The molecule has 0 atom stereocenters. The first-order chi connectivity index (χ1) is 14.1. The number of nitrogens with one attached hydrogen (secondary N) is 2. The fourth-order valence-corrected chi connectivity index (χ4v) is 5.00. The number of rotatable bonds is 7. The Morgan fingerprint density at radius 2 is 1.13 bits per heavy atom. The van der Waals surface area contributed by atoms with Crippen molar-refractivity contribution in [3.05, 3.63) is 82.3 Å². The molecule has 0 spiro atoms. The maximum absolute atomic E-state index is 12.6. The molecule has 0 fully saturated rings. The van der Waals surface area contributed by atoms with Gasteiger partial charge in [-0.25, -0.2) is 16.8 Å². The average Bonchev–Trinajstić information content (AvgIpc) is 2.71. The number of hydrogen-bond donors (Lipinski definition) is 2. The van der Waals surface area contributed by atoms with E-state index in [9.17, 15) is 16.8 Å². The normalized spacial score (nSPS) is 11.8. The van der Waals surface area contributed by atoms with Crippen LogP contribution in [0, 0.1) is 0 Å². The van der Waals surface area contributed by atoms with Gasteiger partial charge in [-0.15, -0.1) is 0 Å². The molecule has 0 aliphatic carbocycles. The Morgan fingerprint density at radius 3 is 1.63 bits per heavy atom. The monoisotopic (exact) mass is 484 g/mol. The fourth-order valence-electron chi connectivity index (χ4n) is 2.59. The van der Waals surface area contributed by atoms with E-state index < -0.39 is 20.0 Å². The molecule has 2 N–H and O–H groups in total. The smallest absolute Gasteiger partial charge is 0.261 e. The first-order valence-electron chi connectivity index (χ1n) is 8.80. The molecule has 0 amide bonds. The van der Waals surface area contributed by atoms with Gasteiger partial charge in [0.2, 0.25) is 0 Å². The highest BCUT2D eigenvalue weighted by molar-refractivity contribution is 7.93. The fraction of sp³-hybridized carbons (Fsp3) is 0.100. The number of halogens is 2. The Morgan fingerprint density at radius 1 is 0.667 bits per heavy atom. The minimum absolute atomic E-state index is 0.0381. The van der Waals surface area contributed by atoms with E-state index in [1.807, 2.05) is 6.92 Å². The van der Waals surface area contributed by atoms with Crippen molar-refractivity contribution in [1.29, 1.82) is 0 Å². The Labute approximate surface area is 186 Å². The van der Waals surface area contributed by atoms with Crippen molar-refractivity contribution in [2.45, 2.75) is 23.1 Å². The van der Waals surface area contributed by atoms with Crippen LogP contribution in [0.4, 0.5) is 11.4 Å². The van der Waals surface area contributed by atoms with Crippen LogP contribution >= 0.6 is 23.2 Å². The highest BCUT2D eigenvalue weighted by Gasteiger charge is 2.17. The standard InChI is InChI=1S/C20H18Cl2N2O4S2/c1-2-14-3-8-17(9-4-14)29(25,26)23-15-5-10-18(11-6-15)30(27,28)24-16-7-12-19(21)20(22)13-16/h3-13,23-24H,2H2,1H3. The number of hydrogen-bond acceptors (Lipinski definition) is 4. The van der Waals surface area contributed by atoms with E-state index in [2.05, 4.69) is 9.44 Å². The summed E-state index contributed by atoms with van der Waals surface area (Å²) in [6.07, 6.45) is 0.806. The summed E-state index contributed by atoms with van der Waals surface area (Å²) in [5, 5.41) is 0.522. The molecule has 0 aliphatic heterocycles. The van der Waals surface area contributed by atoms with Crippen molar-refractivity contribution in [1.82, 2.24) is 0 Å². The molecule has 0 saturated carbocycles. The van der Waals surface area contributed by atoms with Crippen LogP contribution in [-0.2, 0) is 26.5 Å². The summed E-state index contributed by atoms with van der Waals surface area (Å²) in [5.74, 6) is 0. The molecule has 3 aromatic carbocycles. The summed E-state index contributed by atoms with van der Waals surface area (Å²) in [5.41, 5.74) is 1.52. The van der Waals surface area contributed by atoms with Crippen LogP contribution in [0.2, 0.25) is 10.0 Å². The van der Waals surface area contributed by atoms with Crippen LogP contribution < -0.4 is 9.44 Å². The molecule has 6 nitrogen and oxygen atoms in total. The number of aryl methyl sites for hydroxylation is 1. The summed E-state index contributed by atoms with van der Waals surface area (Å²) in [4.78, 5) is 0.0847. The molecule has 0 bridgehead atoms. The molecule has 0 aliphatic rings. The predicted molar refractivity (Wildman–Crippen MR) is 120 cm³/mol. The summed E-state index contributed by atoms with van der Waals surface area (Å²) in [6.45, 7) is 1.98. The van der Waals surface area contributed by atoms with Crippen LogP contribution in [0.3, 0.4) is 0 Å². The molecule has 158 valence electrons. The SMILES string of the molecule is CCc1ccc(S(=O)(=O)Nc2ccc(S(=O)(=O)Nc3ccc(Cl)c(Cl)c3)cc2)cc1. The van der Waals surface area contributed by atoms with E-state index in [1.165, 1.54) is 54.6 Å². The molecule has 0 heterocycles. The molecule has 10 heteroatoms. The van der Waals surface area contributed by atoms with Gasteiger partial charge in [-0.3, -0.25) is 9.44 Å². The summed E-state index contributed by atoms with van der Waals surface area (Å²) >= 11 is 11.7. The molecular formula is C20H18Cl2N2O4S2. The van der Waals surface area contributed by atoms with E-state index in [4.69, 9.17) is 23.2 Å². The van der Waals surface area contributed by atoms with Gasteiger partial charge in [0.05, 0.1) is 25.5 Å². The summed E-state index contributed by atoms with van der Waals surface area (Å²) in [7, 11) is -7.68. The van der Waals surface area contributed by atoms with Crippen LogP contribution in [0.15, 0.2) is 76.5 Å². The lowest BCUT2D eigenvalue weighted by Crippen LogP contribution is -2.14. The zero-order chi connectivity index (χ0) is 21.9. The maximum atomic E-state index is 12.6. The van der Waals surface area contributed by atoms with Crippen LogP contribution in [0.25, 0.3) is 0 Å². The van der Waals surface area contributed by atoms with Gasteiger partial charge in [0.15, 0.2) is 0 Å². The third-order valence-electron chi connectivity index (χ3n) is 4.23. The van der Waals surface area contributed by atoms with Gasteiger partial charge in [0.25, 0.3) is 20.0 Å². The quantitative estimate of drug-likeness (QED) is 0.484. The third-order valence-corrected chi connectivity index (χ3v) is 7.76. The topological polar surface area (TPSA) is 92.3 Å². The van der Waals surface area contributed by atoms with Gasteiger partial charge < -0.3 is 0 Å². The molecule has 3 rings (SSSR count). The van der Waals surface area contributed by atoms with E-state index in [0.717, 1.165) is 12.0 Å². The van der Waals surface area contributed by atoms with Crippen molar-refractivity contribution in [2.75, 3.05) is 9.44 Å². The van der Waals surface area contributed by atoms with Crippen LogP contribution in [0.1, 0.15) is 12.5 Å². The van der Waals surface area contributed by atoms with Gasteiger partial charge in [-0.2, -0.15) is 0 Å². The Balaban J connectivity index is 1.77. The highest BCUT2D eigenvalue weighted by Crippen LogP contribution is 2.27. The second-order valence-corrected chi connectivity index (χ2v) is 10.5. The van der Waals surface area contributed by atoms with Crippen molar-refractivity contribution in [3.8, 4) is 0 Å². The molecule has 0 saturated heterocycles. The van der Waals surface area contributed by atoms with Gasteiger partial charge in [-0.05, 0) is 66.6 Å². The second kappa shape index (κ2) is 8.85.